The lowest BCUT2D eigenvalue weighted by Crippen LogP contribution is -2.38. The lowest BCUT2D eigenvalue weighted by Gasteiger charge is -2.27. The highest BCUT2D eigenvalue weighted by Crippen LogP contribution is 2.44. The molecule has 2 aliphatic rings. The molecule has 5 unspecified atom stereocenters. The number of halogens is 1. The van der Waals surface area contributed by atoms with E-state index < -0.39 is 60.0 Å². The van der Waals surface area contributed by atoms with Crippen molar-refractivity contribution in [3.63, 3.8) is 0 Å². The third-order valence-electron chi connectivity index (χ3n) is 4.52. The van der Waals surface area contributed by atoms with Gasteiger partial charge in [0.05, 0.1) is 25.8 Å². The molecule has 0 saturated carbocycles. The lowest BCUT2D eigenvalue weighted by atomic mass is 10.1. The molecule has 27 heavy (non-hydrogen) atoms. The standard InChI is InChI=1S/C16H21FN2O8/c1-3-24-10(21)4-5-16(2)26-11-9(7-20)25-14(12(11)27-16)19-6-8(17)13(22)18-15(19)23/h6,9,11-12,14,20H,3-5,7H2,1-2H3,(H,18,22,23). The average Bonchev–Trinajstić information content (AvgIpc) is 3.11. The summed E-state index contributed by atoms with van der Waals surface area (Å²) in [6, 6.07) is 0. The summed E-state index contributed by atoms with van der Waals surface area (Å²) in [6.07, 6.45) is -2.58. The molecule has 2 fully saturated rings. The molecule has 1 aromatic heterocycles. The maximum absolute atomic E-state index is 13.6. The first-order chi connectivity index (χ1) is 12.8. The van der Waals surface area contributed by atoms with Gasteiger partial charge in [-0.3, -0.25) is 19.1 Å². The number of fused-ring (bicyclic) bond motifs is 1. The molecule has 3 rings (SSSR count). The van der Waals surface area contributed by atoms with Crippen LogP contribution in [0.4, 0.5) is 4.39 Å². The van der Waals surface area contributed by atoms with Gasteiger partial charge in [-0.05, 0) is 13.8 Å². The Hall–Kier alpha value is -2.08. The van der Waals surface area contributed by atoms with Crippen LogP contribution >= 0.6 is 0 Å². The molecule has 150 valence electrons. The largest absolute Gasteiger partial charge is 0.466 e. The van der Waals surface area contributed by atoms with E-state index in [4.69, 9.17) is 18.9 Å². The van der Waals surface area contributed by atoms with Crippen molar-refractivity contribution in [3.05, 3.63) is 32.9 Å². The van der Waals surface area contributed by atoms with Crippen LogP contribution in [0.15, 0.2) is 15.8 Å². The van der Waals surface area contributed by atoms with Gasteiger partial charge >= 0.3 is 11.7 Å². The third-order valence-corrected chi connectivity index (χ3v) is 4.52. The Morgan fingerprint density at radius 3 is 2.78 bits per heavy atom. The van der Waals surface area contributed by atoms with Crippen molar-refractivity contribution in [2.75, 3.05) is 13.2 Å². The van der Waals surface area contributed by atoms with E-state index in [0.717, 1.165) is 10.8 Å². The average molecular weight is 388 g/mol. The summed E-state index contributed by atoms with van der Waals surface area (Å²) in [7, 11) is 0. The number of carbonyl (C=O) groups excluding carboxylic acids is 1. The minimum Gasteiger partial charge on any atom is -0.466 e. The Kier molecular flexibility index (Phi) is 5.47. The number of ether oxygens (including phenoxy) is 4. The maximum Gasteiger partial charge on any atom is 0.330 e. The Balaban J connectivity index is 1.82. The van der Waals surface area contributed by atoms with Gasteiger partial charge in [-0.2, -0.15) is 4.39 Å². The van der Waals surface area contributed by atoms with E-state index in [-0.39, 0.29) is 19.4 Å². The van der Waals surface area contributed by atoms with Gasteiger partial charge in [0.15, 0.2) is 12.0 Å². The van der Waals surface area contributed by atoms with Gasteiger partial charge in [0, 0.05) is 6.42 Å². The summed E-state index contributed by atoms with van der Waals surface area (Å²) in [5.74, 6) is -2.75. The van der Waals surface area contributed by atoms with Crippen LogP contribution in [0.2, 0.25) is 0 Å². The fraction of sp³-hybridized carbons (Fsp3) is 0.688. The monoisotopic (exact) mass is 388 g/mol. The second kappa shape index (κ2) is 7.50. The number of aromatic amines is 1. The van der Waals surface area contributed by atoms with Gasteiger partial charge in [0.2, 0.25) is 5.82 Å². The molecule has 0 spiro atoms. The number of hydrogen-bond donors (Lipinski definition) is 2. The SMILES string of the molecule is CCOC(=O)CCC1(C)OC2C(CO)OC(n3cc(F)c(=O)[nH]c3=O)C2O1. The molecule has 0 bridgehead atoms. The quantitative estimate of drug-likeness (QED) is 0.619. The summed E-state index contributed by atoms with van der Waals surface area (Å²) < 4.78 is 36.7. The van der Waals surface area contributed by atoms with Gasteiger partial charge in [-0.1, -0.05) is 0 Å². The Labute approximate surface area is 152 Å². The minimum atomic E-state index is -1.18. The Bertz CT molecular complexity index is 823. The number of aromatic nitrogens is 2. The number of H-pyrrole nitrogens is 1. The molecular weight excluding hydrogens is 367 g/mol. The Morgan fingerprint density at radius 2 is 2.11 bits per heavy atom. The molecule has 0 radical (unpaired) electrons. The van der Waals surface area contributed by atoms with Crippen molar-refractivity contribution < 1.29 is 33.2 Å². The minimum absolute atomic E-state index is 0.0479. The van der Waals surface area contributed by atoms with Crippen LogP contribution in [0.3, 0.4) is 0 Å². The number of nitrogens with zero attached hydrogens (tertiary/aromatic N) is 1. The fourth-order valence-corrected chi connectivity index (χ4v) is 3.28. The molecule has 2 saturated heterocycles. The molecule has 5 atom stereocenters. The second-order valence-corrected chi connectivity index (χ2v) is 6.50. The van der Waals surface area contributed by atoms with Crippen LogP contribution < -0.4 is 11.2 Å². The number of esters is 1. The van der Waals surface area contributed by atoms with E-state index in [1.54, 1.807) is 13.8 Å². The van der Waals surface area contributed by atoms with Gasteiger partial charge in [0.25, 0.3) is 5.56 Å². The van der Waals surface area contributed by atoms with Crippen molar-refractivity contribution in [3.8, 4) is 0 Å². The van der Waals surface area contributed by atoms with E-state index in [1.165, 1.54) is 0 Å². The van der Waals surface area contributed by atoms with Crippen LogP contribution in [0.25, 0.3) is 0 Å². The summed E-state index contributed by atoms with van der Waals surface area (Å²) >= 11 is 0. The second-order valence-electron chi connectivity index (χ2n) is 6.50. The summed E-state index contributed by atoms with van der Waals surface area (Å²) in [5, 5.41) is 9.55. The van der Waals surface area contributed by atoms with E-state index >= 15 is 0 Å². The first-order valence-corrected chi connectivity index (χ1v) is 8.56. The lowest BCUT2D eigenvalue weighted by molar-refractivity contribution is -0.215. The molecule has 2 N–H and O–H groups in total. The van der Waals surface area contributed by atoms with Gasteiger partial charge in [-0.25, -0.2) is 4.79 Å². The molecule has 11 heteroatoms. The van der Waals surface area contributed by atoms with Crippen molar-refractivity contribution in [1.29, 1.82) is 0 Å². The highest BCUT2D eigenvalue weighted by molar-refractivity contribution is 5.69. The molecule has 10 nitrogen and oxygen atoms in total. The van der Waals surface area contributed by atoms with Crippen molar-refractivity contribution >= 4 is 5.97 Å². The van der Waals surface area contributed by atoms with Crippen LogP contribution in [-0.4, -0.2) is 57.9 Å². The van der Waals surface area contributed by atoms with Crippen LogP contribution in [0.5, 0.6) is 0 Å². The van der Waals surface area contributed by atoms with Gasteiger partial charge < -0.3 is 24.1 Å². The molecular formula is C16H21FN2O8. The zero-order chi connectivity index (χ0) is 19.8. The smallest absolute Gasteiger partial charge is 0.330 e. The zero-order valence-corrected chi connectivity index (χ0v) is 14.8. The molecule has 3 heterocycles. The molecule has 0 aromatic carbocycles. The van der Waals surface area contributed by atoms with E-state index in [0.29, 0.717) is 0 Å². The van der Waals surface area contributed by atoms with E-state index in [1.807, 2.05) is 4.98 Å². The highest BCUT2D eigenvalue weighted by Gasteiger charge is 2.57. The number of rotatable bonds is 6. The van der Waals surface area contributed by atoms with Crippen molar-refractivity contribution in [2.45, 2.75) is 57.0 Å². The summed E-state index contributed by atoms with van der Waals surface area (Å²) in [5.41, 5.74) is -2.03. The van der Waals surface area contributed by atoms with Crippen LogP contribution in [-0.2, 0) is 23.7 Å². The van der Waals surface area contributed by atoms with Gasteiger partial charge in [-0.15, -0.1) is 0 Å². The molecule has 2 aliphatic heterocycles. The maximum atomic E-state index is 13.6. The predicted molar refractivity (Wildman–Crippen MR) is 86.3 cm³/mol. The topological polar surface area (TPSA) is 129 Å². The van der Waals surface area contributed by atoms with Crippen LogP contribution in [0, 0.1) is 5.82 Å². The normalized spacial score (nSPS) is 32.4. The van der Waals surface area contributed by atoms with Crippen LogP contribution in [0.1, 0.15) is 32.9 Å². The highest BCUT2D eigenvalue weighted by atomic mass is 19.1. The summed E-state index contributed by atoms with van der Waals surface area (Å²) in [6.45, 7) is 3.15. The summed E-state index contributed by atoms with van der Waals surface area (Å²) in [4.78, 5) is 36.7. The third kappa shape index (κ3) is 3.81. The number of hydrogen-bond acceptors (Lipinski definition) is 8. The van der Waals surface area contributed by atoms with Crippen molar-refractivity contribution in [1.82, 2.24) is 9.55 Å². The van der Waals surface area contributed by atoms with Crippen molar-refractivity contribution in [2.24, 2.45) is 0 Å². The van der Waals surface area contributed by atoms with E-state index in [2.05, 4.69) is 0 Å². The van der Waals surface area contributed by atoms with Gasteiger partial charge in [0.1, 0.15) is 18.3 Å². The Morgan fingerprint density at radius 1 is 1.41 bits per heavy atom. The number of aliphatic hydroxyl groups excluding tert-OH is 1. The zero-order valence-electron chi connectivity index (χ0n) is 14.8. The number of aliphatic hydroxyl groups is 1. The number of carbonyl (C=O) groups is 1. The first kappa shape index (κ1) is 19.7. The first-order valence-electron chi connectivity index (χ1n) is 8.56. The molecule has 0 amide bonds. The molecule has 1 aromatic rings. The van der Waals surface area contributed by atoms with E-state index in [9.17, 15) is 23.9 Å². The fourth-order valence-electron chi connectivity index (χ4n) is 3.28. The molecule has 0 aliphatic carbocycles. The predicted octanol–water partition coefficient (Wildman–Crippen LogP) is -0.591. The number of nitrogens with one attached hydrogen (secondary N) is 1.